The molecule has 0 amide bonds. The fourth-order valence-electron chi connectivity index (χ4n) is 0. The van der Waals surface area contributed by atoms with Crippen molar-refractivity contribution in [2.75, 3.05) is 14.2 Å². The Kier molecular flexibility index (Phi) is 207. The van der Waals surface area contributed by atoms with E-state index in [0.29, 0.717) is 0 Å². The van der Waals surface area contributed by atoms with Crippen LogP contribution in [0.25, 0.3) is 0 Å². The first-order chi connectivity index (χ1) is 4.91. The topological polar surface area (TPSA) is 40.5 Å². The first kappa shape index (κ1) is 22.4. The Bertz CT molecular complexity index is 17.7. The summed E-state index contributed by atoms with van der Waals surface area (Å²) in [5.41, 5.74) is 0. The van der Waals surface area contributed by atoms with Crippen LogP contribution in [0.1, 0.15) is 19.8 Å². The van der Waals surface area contributed by atoms with Crippen LogP contribution in [-0.2, 0) is 19.4 Å². The van der Waals surface area contributed by atoms with Crippen molar-refractivity contribution in [3.63, 3.8) is 0 Å². The van der Waals surface area contributed by atoms with Crippen LogP contribution in [0, 0.1) is 6.92 Å². The number of unbranched alkanes of at least 4 members (excludes halogenated alkanes) is 1. The molecule has 0 saturated heterocycles. The predicted molar refractivity (Wildman–Crippen MR) is 42.4 cm³/mol. The molecule has 0 aromatic carbocycles. The number of hydrogen-bond donors (Lipinski definition) is 2. The molecule has 0 aliphatic carbocycles. The van der Waals surface area contributed by atoms with Crippen molar-refractivity contribution in [2.24, 2.45) is 0 Å². The number of halogens is 1. The van der Waals surface area contributed by atoms with Gasteiger partial charge in [-0.3, -0.25) is 0 Å². The summed E-state index contributed by atoms with van der Waals surface area (Å²) in [6.07, 6.45) is 2.28. The van der Waals surface area contributed by atoms with Crippen LogP contribution in [0.4, 0.5) is 0 Å². The van der Waals surface area contributed by atoms with Gasteiger partial charge in [-0.05, 0) is 0 Å². The number of hydrogen-bond acceptors (Lipinski definition) is 2. The molecule has 0 spiro atoms. The van der Waals surface area contributed by atoms with Crippen LogP contribution in [0.5, 0.6) is 0 Å². The van der Waals surface area contributed by atoms with Crippen molar-refractivity contribution in [3.05, 3.63) is 6.92 Å². The first-order valence-electron chi connectivity index (χ1n) is 2.79. The third-order valence-electron chi connectivity index (χ3n) is 0.354. The van der Waals surface area contributed by atoms with Crippen molar-refractivity contribution in [2.45, 2.75) is 19.8 Å². The third-order valence-corrected chi connectivity index (χ3v) is 0.354. The summed E-state index contributed by atoms with van der Waals surface area (Å²) in [6, 6.07) is 0. The number of aliphatic hydroxyl groups excluding tert-OH is 2. The minimum absolute atomic E-state index is 1.00. The molecule has 2 nitrogen and oxygen atoms in total. The van der Waals surface area contributed by atoms with Crippen molar-refractivity contribution in [3.8, 4) is 0 Å². The Labute approximate surface area is 79.9 Å². The van der Waals surface area contributed by atoms with Gasteiger partial charge in [0.2, 0.25) is 0 Å². The molecule has 0 aromatic heterocycles. The quantitative estimate of drug-likeness (QED) is 0.502. The summed E-state index contributed by atoms with van der Waals surface area (Å²) < 4.78 is 0. The monoisotopic (exact) mass is 204 g/mol. The van der Waals surface area contributed by atoms with Gasteiger partial charge in [0.05, 0.1) is 0 Å². The third kappa shape index (κ3) is 151. The van der Waals surface area contributed by atoms with Crippen LogP contribution in [-0.4, -0.2) is 24.4 Å². The zero-order valence-corrected chi connectivity index (χ0v) is 9.21. The standard InChI is InChI=1S/C4H9.2CH4O.ClH.Ti/c1-3-4-2;2*1-2;;/h1,3-4H2,2H3;2*2H,1H3;1H;/q-1;;;;+2/p-1. The first-order valence-corrected chi connectivity index (χ1v) is 4.94. The average Bonchev–Trinajstić information content (AvgIpc) is 2.14. The number of aliphatic hydroxyl groups is 2. The van der Waals surface area contributed by atoms with E-state index in [1.807, 2.05) is 0 Å². The Morgan fingerprint density at radius 2 is 1.30 bits per heavy atom. The van der Waals surface area contributed by atoms with Crippen molar-refractivity contribution in [1.29, 1.82) is 0 Å². The normalized spacial score (nSPS) is 4.60. The number of rotatable bonds is 1. The molecular formula is C6H17ClO2Ti. The second-order valence-corrected chi connectivity index (χ2v) is 0.854. The average molecular weight is 205 g/mol. The molecule has 0 aliphatic heterocycles. The van der Waals surface area contributed by atoms with E-state index in [0.717, 1.165) is 20.6 Å². The summed E-state index contributed by atoms with van der Waals surface area (Å²) in [6.45, 7) is 5.72. The van der Waals surface area contributed by atoms with Crippen LogP contribution < -0.4 is 0 Å². The molecule has 64 valence electrons. The van der Waals surface area contributed by atoms with E-state index in [9.17, 15) is 0 Å². The van der Waals surface area contributed by atoms with Crippen molar-refractivity contribution < 1.29 is 29.6 Å². The molecule has 4 heteroatoms. The van der Waals surface area contributed by atoms with Gasteiger partial charge in [0, 0.05) is 14.2 Å². The predicted octanol–water partition coefficient (Wildman–Crippen LogP) is 1.52. The molecule has 0 radical (unpaired) electrons. The van der Waals surface area contributed by atoms with E-state index in [1.165, 1.54) is 25.8 Å². The Morgan fingerprint density at radius 3 is 1.30 bits per heavy atom. The molecule has 0 unspecified atom stereocenters. The fraction of sp³-hybridized carbons (Fsp3) is 0.833. The van der Waals surface area contributed by atoms with E-state index in [2.05, 4.69) is 23.2 Å². The molecule has 0 saturated carbocycles. The molecule has 0 fully saturated rings. The Balaban J connectivity index is -0.0000000262. The zero-order chi connectivity index (χ0) is 9.41. The van der Waals surface area contributed by atoms with Gasteiger partial charge in [0.1, 0.15) is 0 Å². The fourth-order valence-corrected chi connectivity index (χ4v) is 0. The van der Waals surface area contributed by atoms with Gasteiger partial charge < -0.3 is 17.1 Å². The van der Waals surface area contributed by atoms with E-state index in [4.69, 9.17) is 10.2 Å². The van der Waals surface area contributed by atoms with Gasteiger partial charge in [-0.15, -0.1) is 0 Å². The van der Waals surface area contributed by atoms with Crippen molar-refractivity contribution >= 4 is 9.30 Å². The molecule has 2 N–H and O–H groups in total. The second-order valence-electron chi connectivity index (χ2n) is 0.854. The van der Waals surface area contributed by atoms with Crippen LogP contribution in [0.3, 0.4) is 0 Å². The van der Waals surface area contributed by atoms with Gasteiger partial charge in [0.15, 0.2) is 0 Å². The van der Waals surface area contributed by atoms with Crippen LogP contribution in [0.15, 0.2) is 0 Å². The summed E-state index contributed by atoms with van der Waals surface area (Å²) >= 11 is 1.47. The summed E-state index contributed by atoms with van der Waals surface area (Å²) in [7, 11) is 6.64. The second kappa shape index (κ2) is 92.4. The molecule has 0 bridgehead atoms. The molecule has 0 aliphatic rings. The SMILES string of the molecule is CO.CO.[CH2-]CCC.[Cl][Ti+]. The van der Waals surface area contributed by atoms with E-state index in [-0.39, 0.29) is 0 Å². The molecule has 0 aromatic rings. The Morgan fingerprint density at radius 1 is 1.20 bits per heavy atom. The van der Waals surface area contributed by atoms with Gasteiger partial charge in [0.25, 0.3) is 0 Å². The van der Waals surface area contributed by atoms with Gasteiger partial charge in [-0.2, -0.15) is 6.42 Å². The maximum absolute atomic E-state index is 7.00. The van der Waals surface area contributed by atoms with Gasteiger partial charge in [-0.1, -0.05) is 13.3 Å². The minimum atomic E-state index is 1.00. The van der Waals surface area contributed by atoms with Crippen LogP contribution >= 0.6 is 9.30 Å². The van der Waals surface area contributed by atoms with E-state index >= 15 is 0 Å². The summed E-state index contributed by atoms with van der Waals surface area (Å²) in [5, 5.41) is 14.0. The van der Waals surface area contributed by atoms with E-state index in [1.54, 1.807) is 0 Å². The molecule has 0 heterocycles. The molecule has 10 heavy (non-hydrogen) atoms. The maximum atomic E-state index is 7.00. The van der Waals surface area contributed by atoms with Gasteiger partial charge >= 0.3 is 28.7 Å². The van der Waals surface area contributed by atoms with Gasteiger partial charge in [-0.25, -0.2) is 0 Å². The molecular weight excluding hydrogens is 187 g/mol. The van der Waals surface area contributed by atoms with E-state index < -0.39 is 0 Å². The Hall–Kier alpha value is 0.924. The molecule has 0 rings (SSSR count). The summed E-state index contributed by atoms with van der Waals surface area (Å²) in [4.78, 5) is 0. The molecule has 0 atom stereocenters. The summed E-state index contributed by atoms with van der Waals surface area (Å²) in [5.74, 6) is 0. The van der Waals surface area contributed by atoms with Crippen molar-refractivity contribution in [1.82, 2.24) is 0 Å². The zero-order valence-electron chi connectivity index (χ0n) is 6.89. The van der Waals surface area contributed by atoms with Crippen LogP contribution in [0.2, 0.25) is 0 Å².